The number of ether oxygens (including phenoxy) is 2. The van der Waals surface area contributed by atoms with Crippen LogP contribution >= 0.6 is 0 Å². The molecule has 0 spiro atoms. The summed E-state index contributed by atoms with van der Waals surface area (Å²) in [5.41, 5.74) is 1.98. The minimum Gasteiger partial charge on any atom is -0.488 e. The molecule has 0 N–H and O–H groups in total. The lowest BCUT2D eigenvalue weighted by Gasteiger charge is -2.07. The maximum Gasteiger partial charge on any atom is 0.374 e. The van der Waals surface area contributed by atoms with Gasteiger partial charge in [0.2, 0.25) is 5.76 Å². The first-order valence-corrected chi connectivity index (χ1v) is 7.48. The van der Waals surface area contributed by atoms with Crippen molar-refractivity contribution in [3.8, 4) is 5.75 Å². The van der Waals surface area contributed by atoms with Crippen molar-refractivity contribution in [2.75, 3.05) is 7.11 Å². The Morgan fingerprint density at radius 1 is 1.20 bits per heavy atom. The van der Waals surface area contributed by atoms with Gasteiger partial charge >= 0.3 is 5.97 Å². The maximum atomic E-state index is 11.8. The third-order valence-electron chi connectivity index (χ3n) is 3.83. The van der Waals surface area contributed by atoms with Gasteiger partial charge in [-0.3, -0.25) is 10.1 Å². The van der Waals surface area contributed by atoms with Gasteiger partial charge in [0.1, 0.15) is 17.9 Å². The molecular weight excluding hydrogens is 326 g/mol. The highest BCUT2D eigenvalue weighted by Crippen LogP contribution is 2.33. The minimum atomic E-state index is -0.546. The Kier molecular flexibility index (Phi) is 4.38. The van der Waals surface area contributed by atoms with Crippen LogP contribution in [0.4, 0.5) is 5.69 Å². The van der Waals surface area contributed by atoms with Crippen LogP contribution in [0.1, 0.15) is 21.7 Å². The third kappa shape index (κ3) is 3.16. The molecule has 1 aromatic heterocycles. The molecule has 0 fully saturated rings. The maximum absolute atomic E-state index is 11.8. The van der Waals surface area contributed by atoms with Gasteiger partial charge in [-0.25, -0.2) is 4.79 Å². The van der Waals surface area contributed by atoms with Crippen LogP contribution in [0.15, 0.2) is 46.9 Å². The molecule has 7 heteroatoms. The molecule has 0 amide bonds. The Balaban J connectivity index is 1.87. The molecule has 0 aliphatic rings. The van der Waals surface area contributed by atoms with E-state index in [-0.39, 0.29) is 18.1 Å². The van der Waals surface area contributed by atoms with E-state index in [1.54, 1.807) is 37.3 Å². The normalized spacial score (nSPS) is 10.6. The average Bonchev–Trinajstić information content (AvgIpc) is 2.97. The number of hydrogen-bond acceptors (Lipinski definition) is 6. The number of nitro groups is 1. The van der Waals surface area contributed by atoms with E-state index in [4.69, 9.17) is 13.9 Å². The molecule has 0 saturated carbocycles. The molecule has 0 bridgehead atoms. The van der Waals surface area contributed by atoms with Crippen LogP contribution in [0, 0.1) is 17.0 Å². The van der Waals surface area contributed by atoms with Gasteiger partial charge in [0.25, 0.3) is 5.69 Å². The fourth-order valence-electron chi connectivity index (χ4n) is 2.55. The summed E-state index contributed by atoms with van der Waals surface area (Å²) in [6.07, 6.45) is 0. The molecule has 0 unspecified atom stereocenters. The summed E-state index contributed by atoms with van der Waals surface area (Å²) in [4.78, 5) is 22.0. The summed E-state index contributed by atoms with van der Waals surface area (Å²) in [6.45, 7) is 1.99. The summed E-state index contributed by atoms with van der Waals surface area (Å²) in [5.74, 6) is 0.158. The first kappa shape index (κ1) is 16.5. The van der Waals surface area contributed by atoms with Gasteiger partial charge in [-0.2, -0.15) is 0 Å². The number of nitrogens with zero attached hydrogens (tertiary/aromatic N) is 1. The number of non-ortho nitro benzene ring substituents is 1. The Hall–Kier alpha value is -3.35. The second-order valence-electron chi connectivity index (χ2n) is 5.39. The fraction of sp³-hybridized carbons (Fsp3) is 0.167. The second-order valence-corrected chi connectivity index (χ2v) is 5.39. The third-order valence-corrected chi connectivity index (χ3v) is 3.83. The number of rotatable bonds is 5. The predicted molar refractivity (Wildman–Crippen MR) is 89.7 cm³/mol. The van der Waals surface area contributed by atoms with Crippen molar-refractivity contribution in [1.82, 2.24) is 0 Å². The second kappa shape index (κ2) is 6.64. The van der Waals surface area contributed by atoms with Gasteiger partial charge in [0.05, 0.1) is 17.4 Å². The van der Waals surface area contributed by atoms with Gasteiger partial charge in [-0.15, -0.1) is 0 Å². The van der Waals surface area contributed by atoms with Crippen molar-refractivity contribution >= 4 is 22.6 Å². The molecule has 3 aromatic rings. The highest BCUT2D eigenvalue weighted by Gasteiger charge is 2.20. The van der Waals surface area contributed by atoms with E-state index in [0.29, 0.717) is 22.3 Å². The van der Waals surface area contributed by atoms with Gasteiger partial charge in [-0.1, -0.05) is 6.07 Å². The number of carbonyl (C=O) groups is 1. The number of aryl methyl sites for hydroxylation is 1. The monoisotopic (exact) mass is 341 g/mol. The predicted octanol–water partition coefficient (Wildman–Crippen LogP) is 4.02. The van der Waals surface area contributed by atoms with Crippen LogP contribution in [-0.4, -0.2) is 18.0 Å². The standard InChI is InChI=1S/C18H15NO6/c1-11-16-14(4-3-5-15(16)25-17(11)18(20)23-2)24-10-12-6-8-13(9-7-12)19(21)22/h3-9H,10H2,1-2H3. The zero-order chi connectivity index (χ0) is 18.0. The zero-order valence-corrected chi connectivity index (χ0v) is 13.6. The number of fused-ring (bicyclic) bond motifs is 1. The first-order chi connectivity index (χ1) is 12.0. The largest absolute Gasteiger partial charge is 0.488 e. The van der Waals surface area contributed by atoms with E-state index in [1.165, 1.54) is 19.2 Å². The van der Waals surface area contributed by atoms with Crippen molar-refractivity contribution in [3.63, 3.8) is 0 Å². The van der Waals surface area contributed by atoms with E-state index in [2.05, 4.69) is 0 Å². The lowest BCUT2D eigenvalue weighted by Crippen LogP contribution is -2.01. The first-order valence-electron chi connectivity index (χ1n) is 7.48. The number of furan rings is 1. The molecule has 7 nitrogen and oxygen atoms in total. The summed E-state index contributed by atoms with van der Waals surface area (Å²) in [5, 5.41) is 11.4. The fourth-order valence-corrected chi connectivity index (χ4v) is 2.55. The van der Waals surface area contributed by atoms with E-state index >= 15 is 0 Å². The summed E-state index contributed by atoms with van der Waals surface area (Å²) in [7, 11) is 1.29. The highest BCUT2D eigenvalue weighted by atomic mass is 16.6. The van der Waals surface area contributed by atoms with Crippen LogP contribution < -0.4 is 4.74 Å². The summed E-state index contributed by atoms with van der Waals surface area (Å²) >= 11 is 0. The molecule has 0 aliphatic heterocycles. The molecule has 128 valence electrons. The van der Waals surface area contributed by atoms with E-state index in [0.717, 1.165) is 5.56 Å². The van der Waals surface area contributed by atoms with Gasteiger partial charge in [-0.05, 0) is 36.8 Å². The number of esters is 1. The lowest BCUT2D eigenvalue weighted by atomic mass is 10.1. The molecule has 0 saturated heterocycles. The Labute approximate surface area is 142 Å². The molecule has 0 aliphatic carbocycles. The number of methoxy groups -OCH3 is 1. The van der Waals surface area contributed by atoms with Crippen LogP contribution in [-0.2, 0) is 11.3 Å². The van der Waals surface area contributed by atoms with Crippen molar-refractivity contribution < 1.29 is 23.6 Å². The quantitative estimate of drug-likeness (QED) is 0.395. The zero-order valence-electron chi connectivity index (χ0n) is 13.6. The Bertz CT molecular complexity index is 942. The average molecular weight is 341 g/mol. The van der Waals surface area contributed by atoms with Gasteiger partial charge < -0.3 is 13.9 Å². The molecule has 3 rings (SSSR count). The van der Waals surface area contributed by atoms with Crippen LogP contribution in [0.3, 0.4) is 0 Å². The Morgan fingerprint density at radius 3 is 2.56 bits per heavy atom. The smallest absolute Gasteiger partial charge is 0.374 e. The molecule has 2 aromatic carbocycles. The van der Waals surface area contributed by atoms with E-state index in [9.17, 15) is 14.9 Å². The van der Waals surface area contributed by atoms with Crippen LogP contribution in [0.2, 0.25) is 0 Å². The van der Waals surface area contributed by atoms with Crippen LogP contribution in [0.5, 0.6) is 5.75 Å². The summed E-state index contributed by atoms with van der Waals surface area (Å²) in [6, 6.07) is 11.4. The topological polar surface area (TPSA) is 91.8 Å². The van der Waals surface area contributed by atoms with Gasteiger partial charge in [0, 0.05) is 17.7 Å². The van der Waals surface area contributed by atoms with Crippen molar-refractivity contribution in [3.05, 3.63) is 69.5 Å². The van der Waals surface area contributed by atoms with Gasteiger partial charge in [0.15, 0.2) is 0 Å². The lowest BCUT2D eigenvalue weighted by molar-refractivity contribution is -0.384. The number of carbonyl (C=O) groups excluding carboxylic acids is 1. The SMILES string of the molecule is COC(=O)c1oc2cccc(OCc3ccc([N+](=O)[O-])cc3)c2c1C. The molecule has 0 radical (unpaired) electrons. The van der Waals surface area contributed by atoms with Crippen molar-refractivity contribution in [1.29, 1.82) is 0 Å². The van der Waals surface area contributed by atoms with Crippen molar-refractivity contribution in [2.24, 2.45) is 0 Å². The molecule has 25 heavy (non-hydrogen) atoms. The number of nitro benzene ring substituents is 1. The molecular formula is C18H15NO6. The minimum absolute atomic E-state index is 0.0271. The molecule has 0 atom stereocenters. The molecule has 1 heterocycles. The van der Waals surface area contributed by atoms with Crippen LogP contribution in [0.25, 0.3) is 11.0 Å². The number of hydrogen-bond donors (Lipinski definition) is 0. The van der Waals surface area contributed by atoms with E-state index < -0.39 is 10.9 Å². The highest BCUT2D eigenvalue weighted by molar-refractivity contribution is 5.98. The van der Waals surface area contributed by atoms with Crippen molar-refractivity contribution in [2.45, 2.75) is 13.5 Å². The number of benzene rings is 2. The summed E-state index contributed by atoms with van der Waals surface area (Å²) < 4.78 is 16.1. The Morgan fingerprint density at radius 2 is 1.92 bits per heavy atom. The van der Waals surface area contributed by atoms with E-state index in [1.807, 2.05) is 0 Å².